The molecule has 0 aliphatic carbocycles. The van der Waals surface area contributed by atoms with Gasteiger partial charge >= 0.3 is 0 Å². The first-order valence-corrected chi connectivity index (χ1v) is 9.66. The zero-order chi connectivity index (χ0) is 21.2. The lowest BCUT2D eigenvalue weighted by Crippen LogP contribution is -2.11. The first kappa shape index (κ1) is 25.6. The third-order valence-corrected chi connectivity index (χ3v) is 3.30. The average molecular weight is 392 g/mol. The fourth-order valence-electron chi connectivity index (χ4n) is 1.77. The Bertz CT molecular complexity index is 631. The van der Waals surface area contributed by atoms with Crippen molar-refractivity contribution in [3.05, 3.63) is 54.0 Å². The normalized spacial score (nSPS) is 9.64. The highest BCUT2D eigenvalue weighted by molar-refractivity contribution is 6.02. The van der Waals surface area contributed by atoms with Crippen molar-refractivity contribution in [2.24, 2.45) is 0 Å². The van der Waals surface area contributed by atoms with E-state index >= 15 is 0 Å². The number of nitrogens with one attached hydrogen (secondary N) is 1. The van der Waals surface area contributed by atoms with E-state index in [4.69, 9.17) is 13.9 Å². The highest BCUT2D eigenvalue weighted by Crippen LogP contribution is 2.10. The molecule has 6 nitrogen and oxygen atoms in total. The maximum absolute atomic E-state index is 11.6. The van der Waals surface area contributed by atoms with Gasteiger partial charge in [0.25, 0.3) is 5.91 Å². The molecule has 0 spiro atoms. The minimum atomic E-state index is -0.376. The van der Waals surface area contributed by atoms with Gasteiger partial charge in [0, 0.05) is 18.9 Å². The standard InChI is InChI=1S/C12H9NO3.C6H14O2.C4H10/c14-8-10-6-7-11(16-10)12(15)13-9-4-2-1-3-5-9;1-4-7-6(3)8-5-2;1-3-4-2/h1-8H,(H,13,15);6H,4-5H2,1-3H3;3-4H2,1-2H3. The van der Waals surface area contributed by atoms with E-state index in [0.717, 1.165) is 13.2 Å². The van der Waals surface area contributed by atoms with Crippen molar-refractivity contribution in [1.29, 1.82) is 0 Å². The Labute approximate surface area is 168 Å². The van der Waals surface area contributed by atoms with Gasteiger partial charge in [-0.3, -0.25) is 9.59 Å². The van der Waals surface area contributed by atoms with E-state index in [1.165, 1.54) is 25.0 Å². The number of anilines is 1. The summed E-state index contributed by atoms with van der Waals surface area (Å²) in [4.78, 5) is 22.0. The number of ether oxygens (including phenoxy) is 2. The van der Waals surface area contributed by atoms with Crippen LogP contribution >= 0.6 is 0 Å². The second kappa shape index (κ2) is 16.7. The van der Waals surface area contributed by atoms with Crippen molar-refractivity contribution in [2.75, 3.05) is 18.5 Å². The molecule has 0 radical (unpaired) electrons. The maximum atomic E-state index is 11.6. The monoisotopic (exact) mass is 391 g/mol. The van der Waals surface area contributed by atoms with Crippen LogP contribution in [-0.4, -0.2) is 31.7 Å². The van der Waals surface area contributed by atoms with Gasteiger partial charge in [0.05, 0.1) is 0 Å². The average Bonchev–Trinajstić information content (AvgIpc) is 3.19. The topological polar surface area (TPSA) is 77.8 Å². The molecule has 1 aromatic carbocycles. The number of unbranched alkanes of at least 4 members (excludes halogenated alkanes) is 1. The second-order valence-corrected chi connectivity index (χ2v) is 5.62. The lowest BCUT2D eigenvalue weighted by Gasteiger charge is -2.09. The third kappa shape index (κ3) is 12.0. The van der Waals surface area contributed by atoms with Crippen molar-refractivity contribution in [3.63, 3.8) is 0 Å². The molecule has 0 saturated heterocycles. The Balaban J connectivity index is 0.000000511. The van der Waals surface area contributed by atoms with Gasteiger partial charge in [-0.05, 0) is 45.0 Å². The van der Waals surface area contributed by atoms with Crippen LogP contribution in [-0.2, 0) is 9.47 Å². The molecule has 1 amide bonds. The number of rotatable bonds is 8. The van der Waals surface area contributed by atoms with Crippen LogP contribution in [0.1, 0.15) is 68.6 Å². The summed E-state index contributed by atoms with van der Waals surface area (Å²) in [5, 5.41) is 2.65. The summed E-state index contributed by atoms with van der Waals surface area (Å²) in [7, 11) is 0. The lowest BCUT2D eigenvalue weighted by atomic mass is 10.3. The molecule has 1 heterocycles. The number of aldehydes is 1. The number of carbonyl (C=O) groups excluding carboxylic acids is 2. The van der Waals surface area contributed by atoms with Gasteiger partial charge in [-0.1, -0.05) is 44.9 Å². The SMILES string of the molecule is CCCC.CCOC(C)OCC.O=Cc1ccc(C(=O)Nc2ccccc2)o1. The van der Waals surface area contributed by atoms with Crippen LogP contribution in [0.5, 0.6) is 0 Å². The molecule has 1 aromatic heterocycles. The number of furan rings is 1. The number of benzene rings is 1. The van der Waals surface area contributed by atoms with Crippen molar-refractivity contribution in [2.45, 2.75) is 53.8 Å². The van der Waals surface area contributed by atoms with Gasteiger partial charge in [-0.15, -0.1) is 0 Å². The Kier molecular flexibility index (Phi) is 15.3. The summed E-state index contributed by atoms with van der Waals surface area (Å²) in [6, 6.07) is 11.9. The van der Waals surface area contributed by atoms with Crippen molar-refractivity contribution in [1.82, 2.24) is 0 Å². The van der Waals surface area contributed by atoms with E-state index in [-0.39, 0.29) is 23.7 Å². The molecule has 2 aromatic rings. The Hall–Kier alpha value is -2.44. The number of carbonyl (C=O) groups is 2. The molecule has 0 atom stereocenters. The highest BCUT2D eigenvalue weighted by Gasteiger charge is 2.10. The van der Waals surface area contributed by atoms with E-state index < -0.39 is 0 Å². The molecule has 156 valence electrons. The largest absolute Gasteiger partial charge is 0.448 e. The van der Waals surface area contributed by atoms with Crippen molar-refractivity contribution >= 4 is 17.9 Å². The number of amides is 1. The number of hydrogen-bond acceptors (Lipinski definition) is 5. The van der Waals surface area contributed by atoms with E-state index in [1.54, 1.807) is 12.1 Å². The molecule has 2 rings (SSSR count). The van der Waals surface area contributed by atoms with Gasteiger partial charge in [0.1, 0.15) is 0 Å². The summed E-state index contributed by atoms with van der Waals surface area (Å²) in [5.41, 5.74) is 0.677. The Morgan fingerprint density at radius 1 is 1.00 bits per heavy atom. The molecule has 0 unspecified atom stereocenters. The summed E-state index contributed by atoms with van der Waals surface area (Å²) >= 11 is 0. The van der Waals surface area contributed by atoms with Crippen LogP contribution in [0.15, 0.2) is 46.9 Å². The van der Waals surface area contributed by atoms with Crippen LogP contribution in [0.4, 0.5) is 5.69 Å². The lowest BCUT2D eigenvalue weighted by molar-refractivity contribution is -0.123. The fourth-order valence-corrected chi connectivity index (χ4v) is 1.77. The minimum absolute atomic E-state index is 0.0370. The van der Waals surface area contributed by atoms with Gasteiger partial charge in [-0.25, -0.2) is 0 Å². The smallest absolute Gasteiger partial charge is 0.291 e. The summed E-state index contributed by atoms with van der Waals surface area (Å²) in [5.74, 6) is -0.122. The quantitative estimate of drug-likeness (QED) is 0.471. The first-order chi connectivity index (χ1) is 13.5. The number of hydrogen-bond donors (Lipinski definition) is 1. The van der Waals surface area contributed by atoms with E-state index in [0.29, 0.717) is 12.0 Å². The van der Waals surface area contributed by atoms with Crippen LogP contribution < -0.4 is 5.32 Å². The molecule has 0 fully saturated rings. The first-order valence-electron chi connectivity index (χ1n) is 9.66. The maximum Gasteiger partial charge on any atom is 0.291 e. The van der Waals surface area contributed by atoms with E-state index in [9.17, 15) is 9.59 Å². The van der Waals surface area contributed by atoms with Crippen molar-refractivity contribution < 1.29 is 23.5 Å². The third-order valence-electron chi connectivity index (χ3n) is 3.30. The molecule has 0 bridgehead atoms. The number of para-hydroxylation sites is 1. The molecule has 0 saturated carbocycles. The van der Waals surface area contributed by atoms with E-state index in [2.05, 4.69) is 19.2 Å². The molecule has 0 aliphatic rings. The second-order valence-electron chi connectivity index (χ2n) is 5.62. The van der Waals surface area contributed by atoms with Gasteiger partial charge in [0.2, 0.25) is 0 Å². The Morgan fingerprint density at radius 2 is 1.57 bits per heavy atom. The molecular formula is C22H33NO5. The molecule has 6 heteroatoms. The van der Waals surface area contributed by atoms with Crippen LogP contribution in [0.2, 0.25) is 0 Å². The summed E-state index contributed by atoms with van der Waals surface area (Å²) in [6.07, 6.45) is 3.16. The zero-order valence-corrected chi connectivity index (χ0v) is 17.6. The van der Waals surface area contributed by atoms with Crippen LogP contribution in [0, 0.1) is 0 Å². The highest BCUT2D eigenvalue weighted by atomic mass is 16.7. The van der Waals surface area contributed by atoms with Crippen molar-refractivity contribution in [3.8, 4) is 0 Å². The molecule has 1 N–H and O–H groups in total. The summed E-state index contributed by atoms with van der Waals surface area (Å²) < 4.78 is 15.1. The zero-order valence-electron chi connectivity index (χ0n) is 17.6. The predicted octanol–water partition coefficient (Wildman–Crippen LogP) is 5.56. The van der Waals surface area contributed by atoms with Gasteiger partial charge in [0.15, 0.2) is 24.1 Å². The molecule has 28 heavy (non-hydrogen) atoms. The Morgan fingerprint density at radius 3 is 2.00 bits per heavy atom. The molecule has 0 aliphatic heterocycles. The van der Waals surface area contributed by atoms with Crippen LogP contribution in [0.3, 0.4) is 0 Å². The molecular weight excluding hydrogens is 358 g/mol. The predicted molar refractivity (Wildman–Crippen MR) is 112 cm³/mol. The van der Waals surface area contributed by atoms with E-state index in [1.807, 2.05) is 39.0 Å². The fraction of sp³-hybridized carbons (Fsp3) is 0.455. The summed E-state index contributed by atoms with van der Waals surface area (Å²) in [6.45, 7) is 11.6. The minimum Gasteiger partial charge on any atom is -0.448 e. The van der Waals surface area contributed by atoms with Gasteiger partial charge in [-0.2, -0.15) is 0 Å². The van der Waals surface area contributed by atoms with Gasteiger partial charge < -0.3 is 19.2 Å². The van der Waals surface area contributed by atoms with Crippen LogP contribution in [0.25, 0.3) is 0 Å².